The molecule has 1 saturated heterocycles. The van der Waals surface area contributed by atoms with Crippen molar-refractivity contribution in [1.82, 2.24) is 14.7 Å². The van der Waals surface area contributed by atoms with E-state index in [1.807, 2.05) is 21.8 Å². The Bertz CT molecular complexity index is 567. The lowest BCUT2D eigenvalue weighted by molar-refractivity contribution is 0.0775. The monoisotopic (exact) mass is 285 g/mol. The molecule has 1 saturated carbocycles. The fourth-order valence-electron chi connectivity index (χ4n) is 4.40. The molecule has 1 aromatic heterocycles. The van der Waals surface area contributed by atoms with Crippen LogP contribution in [0.3, 0.4) is 0 Å². The van der Waals surface area contributed by atoms with E-state index in [0.717, 1.165) is 13.1 Å². The molecule has 4 heteroatoms. The highest BCUT2D eigenvalue weighted by molar-refractivity contribution is 5.92. The topological polar surface area (TPSA) is 38.1 Å². The minimum Gasteiger partial charge on any atom is -0.337 e. The van der Waals surface area contributed by atoms with E-state index in [1.54, 1.807) is 0 Å². The number of fused-ring (bicyclic) bond motifs is 1. The quantitative estimate of drug-likeness (QED) is 0.784. The predicted molar refractivity (Wildman–Crippen MR) is 80.8 cm³/mol. The maximum atomic E-state index is 12.7. The lowest BCUT2D eigenvalue weighted by atomic mass is 9.64. The molecule has 0 spiro atoms. The molecule has 4 aliphatic rings. The molecule has 0 radical (unpaired) electrons. The van der Waals surface area contributed by atoms with Crippen molar-refractivity contribution in [2.75, 3.05) is 13.1 Å². The molecule has 5 rings (SSSR count). The molecule has 0 unspecified atom stereocenters. The number of hydrogen-bond donors (Lipinski definition) is 0. The number of hydrogen-bond acceptors (Lipinski definition) is 2. The smallest absolute Gasteiger partial charge is 0.274 e. The fraction of sp³-hybridized carbons (Fsp3) is 0.647. The SMILES string of the molecule is CC(C)n1ccc(C(=O)N2C[C@@H]3[C@H](C2)[C@H]2C=C[C@H]3CC2)n1. The number of allylic oxidation sites excluding steroid dienone is 2. The van der Waals surface area contributed by atoms with Crippen LogP contribution in [0.5, 0.6) is 0 Å². The molecular weight excluding hydrogens is 262 g/mol. The van der Waals surface area contributed by atoms with Crippen LogP contribution >= 0.6 is 0 Å². The zero-order chi connectivity index (χ0) is 14.6. The largest absolute Gasteiger partial charge is 0.337 e. The van der Waals surface area contributed by atoms with Gasteiger partial charge in [0.1, 0.15) is 5.69 Å². The minimum absolute atomic E-state index is 0.114. The third-order valence-electron chi connectivity index (χ3n) is 5.59. The molecule has 21 heavy (non-hydrogen) atoms. The van der Waals surface area contributed by atoms with Crippen LogP contribution in [0.25, 0.3) is 0 Å². The Hall–Kier alpha value is -1.58. The summed E-state index contributed by atoms with van der Waals surface area (Å²) >= 11 is 0. The Morgan fingerprint density at radius 2 is 1.81 bits per heavy atom. The molecule has 1 aromatic rings. The number of likely N-dealkylation sites (tertiary alicyclic amines) is 1. The van der Waals surface area contributed by atoms with E-state index in [4.69, 9.17) is 0 Å². The third kappa shape index (κ3) is 2.03. The summed E-state index contributed by atoms with van der Waals surface area (Å²) in [6, 6.07) is 2.16. The zero-order valence-corrected chi connectivity index (χ0v) is 12.8. The van der Waals surface area contributed by atoms with Gasteiger partial charge in [0.15, 0.2) is 0 Å². The maximum Gasteiger partial charge on any atom is 0.274 e. The van der Waals surface area contributed by atoms with E-state index in [1.165, 1.54) is 12.8 Å². The van der Waals surface area contributed by atoms with Crippen molar-refractivity contribution >= 4 is 5.91 Å². The lowest BCUT2D eigenvalue weighted by Gasteiger charge is -2.40. The summed E-state index contributed by atoms with van der Waals surface area (Å²) in [7, 11) is 0. The van der Waals surface area contributed by atoms with Gasteiger partial charge in [-0.15, -0.1) is 0 Å². The van der Waals surface area contributed by atoms with E-state index >= 15 is 0 Å². The van der Waals surface area contributed by atoms with Gasteiger partial charge in [-0.2, -0.15) is 5.10 Å². The molecule has 2 fully saturated rings. The number of rotatable bonds is 2. The molecule has 4 atom stereocenters. The predicted octanol–water partition coefficient (Wildman–Crippen LogP) is 2.75. The molecule has 1 aliphatic heterocycles. The number of carbonyl (C=O) groups is 1. The first-order chi connectivity index (χ1) is 10.1. The number of amides is 1. The van der Waals surface area contributed by atoms with Crippen molar-refractivity contribution in [3.8, 4) is 0 Å². The number of aromatic nitrogens is 2. The van der Waals surface area contributed by atoms with Crippen molar-refractivity contribution in [3.63, 3.8) is 0 Å². The molecule has 4 nitrogen and oxygen atoms in total. The van der Waals surface area contributed by atoms with Gasteiger partial charge in [-0.05, 0) is 56.4 Å². The Morgan fingerprint density at radius 1 is 1.19 bits per heavy atom. The van der Waals surface area contributed by atoms with Gasteiger partial charge in [-0.1, -0.05) is 12.2 Å². The second kappa shape index (κ2) is 4.72. The van der Waals surface area contributed by atoms with E-state index in [9.17, 15) is 4.79 Å². The molecule has 2 bridgehead atoms. The summed E-state index contributed by atoms with van der Waals surface area (Å²) in [4.78, 5) is 14.7. The van der Waals surface area contributed by atoms with Crippen molar-refractivity contribution in [2.24, 2.45) is 23.7 Å². The maximum absolute atomic E-state index is 12.7. The summed E-state index contributed by atoms with van der Waals surface area (Å²) in [5, 5.41) is 4.44. The van der Waals surface area contributed by atoms with Gasteiger partial charge in [-0.25, -0.2) is 0 Å². The first-order valence-corrected chi connectivity index (χ1v) is 8.16. The van der Waals surface area contributed by atoms with Crippen molar-refractivity contribution < 1.29 is 4.79 Å². The van der Waals surface area contributed by atoms with Crippen LogP contribution in [-0.4, -0.2) is 33.7 Å². The summed E-state index contributed by atoms with van der Waals surface area (Å²) in [6.07, 6.45) is 9.33. The van der Waals surface area contributed by atoms with Crippen LogP contribution in [0.4, 0.5) is 0 Å². The Morgan fingerprint density at radius 3 is 2.29 bits per heavy atom. The highest BCUT2D eigenvalue weighted by Gasteiger charge is 2.47. The van der Waals surface area contributed by atoms with E-state index in [-0.39, 0.29) is 5.91 Å². The average Bonchev–Trinajstić information content (AvgIpc) is 3.16. The van der Waals surface area contributed by atoms with Crippen LogP contribution in [-0.2, 0) is 0 Å². The van der Waals surface area contributed by atoms with Crippen LogP contribution in [0.1, 0.15) is 43.2 Å². The van der Waals surface area contributed by atoms with Crippen LogP contribution < -0.4 is 0 Å². The zero-order valence-electron chi connectivity index (χ0n) is 12.8. The third-order valence-corrected chi connectivity index (χ3v) is 5.59. The van der Waals surface area contributed by atoms with E-state index < -0.39 is 0 Å². The molecular formula is C17H23N3O. The summed E-state index contributed by atoms with van der Waals surface area (Å²) in [6.45, 7) is 6.00. The van der Waals surface area contributed by atoms with Gasteiger partial charge in [-0.3, -0.25) is 9.48 Å². The average molecular weight is 285 g/mol. The van der Waals surface area contributed by atoms with Crippen LogP contribution in [0, 0.1) is 23.7 Å². The Labute approximate surface area is 125 Å². The van der Waals surface area contributed by atoms with Crippen LogP contribution in [0.15, 0.2) is 24.4 Å². The Balaban J connectivity index is 1.52. The second-order valence-corrected chi connectivity index (χ2v) is 7.10. The van der Waals surface area contributed by atoms with E-state index in [2.05, 4.69) is 31.1 Å². The van der Waals surface area contributed by atoms with Gasteiger partial charge < -0.3 is 4.90 Å². The second-order valence-electron chi connectivity index (χ2n) is 7.10. The molecule has 3 aliphatic carbocycles. The molecule has 0 aromatic carbocycles. The van der Waals surface area contributed by atoms with Gasteiger partial charge in [0.2, 0.25) is 0 Å². The highest BCUT2D eigenvalue weighted by Crippen LogP contribution is 2.48. The van der Waals surface area contributed by atoms with Gasteiger partial charge >= 0.3 is 0 Å². The lowest BCUT2D eigenvalue weighted by Crippen LogP contribution is -2.35. The van der Waals surface area contributed by atoms with Gasteiger partial charge in [0.05, 0.1) is 0 Å². The molecule has 0 N–H and O–H groups in total. The van der Waals surface area contributed by atoms with Crippen molar-refractivity contribution in [3.05, 3.63) is 30.1 Å². The van der Waals surface area contributed by atoms with Gasteiger partial charge in [0.25, 0.3) is 5.91 Å². The number of nitrogens with zero attached hydrogens (tertiary/aromatic N) is 3. The van der Waals surface area contributed by atoms with Crippen molar-refractivity contribution in [2.45, 2.75) is 32.7 Å². The van der Waals surface area contributed by atoms with Crippen molar-refractivity contribution in [1.29, 1.82) is 0 Å². The Kier molecular flexibility index (Phi) is 2.95. The van der Waals surface area contributed by atoms with Gasteiger partial charge in [0, 0.05) is 25.3 Å². The fourth-order valence-corrected chi connectivity index (χ4v) is 4.40. The number of carbonyl (C=O) groups excluding carboxylic acids is 1. The standard InChI is InChI=1S/C17H23N3O/c1-11(2)20-8-7-16(18-20)17(21)19-9-14-12-3-4-13(6-5-12)15(14)10-19/h3-4,7-8,11-15H,5-6,9-10H2,1-2H3/t12-,13-,14-,15+/m0/s1. The normalized spacial score (nSPS) is 33.8. The molecule has 1 amide bonds. The van der Waals surface area contributed by atoms with E-state index in [0.29, 0.717) is 35.4 Å². The van der Waals surface area contributed by atoms with Crippen LogP contribution in [0.2, 0.25) is 0 Å². The first kappa shape index (κ1) is 13.1. The molecule has 112 valence electrons. The summed E-state index contributed by atoms with van der Waals surface area (Å²) in [5.74, 6) is 2.88. The summed E-state index contributed by atoms with van der Waals surface area (Å²) in [5.41, 5.74) is 0.600. The first-order valence-electron chi connectivity index (χ1n) is 8.16. The highest BCUT2D eigenvalue weighted by atomic mass is 16.2. The minimum atomic E-state index is 0.114. The molecule has 2 heterocycles. The summed E-state index contributed by atoms with van der Waals surface area (Å²) < 4.78 is 1.86.